The molecule has 38 heavy (non-hydrogen) atoms. The number of aryl methyl sites for hydroxylation is 1. The summed E-state index contributed by atoms with van der Waals surface area (Å²) >= 11 is 7.31. The minimum absolute atomic E-state index is 0.00290. The number of halogens is 4. The second-order valence-corrected chi connectivity index (χ2v) is 10.0. The minimum atomic E-state index is -4.58. The molecule has 4 nitrogen and oxygen atoms in total. The van der Waals surface area contributed by atoms with Gasteiger partial charge in [-0.15, -0.1) is 11.8 Å². The number of benzene rings is 4. The van der Waals surface area contributed by atoms with Crippen molar-refractivity contribution in [3.63, 3.8) is 0 Å². The van der Waals surface area contributed by atoms with Gasteiger partial charge in [-0.05, 0) is 67.1 Å². The monoisotopic (exact) mass is 554 g/mol. The van der Waals surface area contributed by atoms with Crippen molar-refractivity contribution < 1.29 is 22.8 Å². The molecule has 2 amide bonds. The third-order valence-electron chi connectivity index (χ3n) is 5.54. The number of hydrogen-bond donors (Lipinski definition) is 2. The highest BCUT2D eigenvalue weighted by molar-refractivity contribution is 8.00. The Morgan fingerprint density at radius 3 is 2.21 bits per heavy atom. The number of anilines is 2. The summed E-state index contributed by atoms with van der Waals surface area (Å²) in [6.07, 6.45) is -4.58. The maximum absolute atomic E-state index is 13.3. The molecule has 0 aliphatic heterocycles. The highest BCUT2D eigenvalue weighted by atomic mass is 35.5. The molecule has 0 aromatic heterocycles. The van der Waals surface area contributed by atoms with Gasteiger partial charge in [0.1, 0.15) is 5.25 Å². The van der Waals surface area contributed by atoms with Crippen molar-refractivity contribution >= 4 is 46.6 Å². The van der Waals surface area contributed by atoms with Crippen LogP contribution in [0.4, 0.5) is 24.5 Å². The van der Waals surface area contributed by atoms with E-state index in [0.717, 1.165) is 28.7 Å². The first-order valence-electron chi connectivity index (χ1n) is 11.5. The van der Waals surface area contributed by atoms with Crippen molar-refractivity contribution in [2.24, 2.45) is 0 Å². The summed E-state index contributed by atoms with van der Waals surface area (Å²) in [7, 11) is 0. The Morgan fingerprint density at radius 2 is 1.55 bits per heavy atom. The highest BCUT2D eigenvalue weighted by Gasteiger charge is 2.31. The van der Waals surface area contributed by atoms with Crippen LogP contribution in [0.25, 0.3) is 0 Å². The van der Waals surface area contributed by atoms with Crippen molar-refractivity contribution in [3.8, 4) is 0 Å². The number of alkyl halides is 3. The first-order chi connectivity index (χ1) is 18.1. The number of thioether (sulfide) groups is 1. The van der Waals surface area contributed by atoms with Crippen LogP contribution in [0.2, 0.25) is 5.02 Å². The fraction of sp³-hybridized carbons (Fsp3) is 0.103. The van der Waals surface area contributed by atoms with Gasteiger partial charge in [-0.2, -0.15) is 13.2 Å². The summed E-state index contributed by atoms with van der Waals surface area (Å²) < 4.78 is 39.6. The lowest BCUT2D eigenvalue weighted by Crippen LogP contribution is -2.19. The number of amides is 2. The predicted molar refractivity (Wildman–Crippen MR) is 146 cm³/mol. The summed E-state index contributed by atoms with van der Waals surface area (Å²) in [5, 5.41) is 4.61. The maximum atomic E-state index is 13.3. The lowest BCUT2D eigenvalue weighted by molar-refractivity contribution is -0.137. The average molecular weight is 555 g/mol. The third kappa shape index (κ3) is 6.96. The van der Waals surface area contributed by atoms with Gasteiger partial charge in [0.2, 0.25) is 5.91 Å². The van der Waals surface area contributed by atoms with Crippen molar-refractivity contribution in [1.82, 2.24) is 0 Å². The van der Waals surface area contributed by atoms with Crippen LogP contribution in [0.1, 0.15) is 32.3 Å². The zero-order valence-electron chi connectivity index (χ0n) is 20.1. The van der Waals surface area contributed by atoms with E-state index in [1.165, 1.54) is 11.8 Å². The lowest BCUT2D eigenvalue weighted by Gasteiger charge is -2.18. The summed E-state index contributed by atoms with van der Waals surface area (Å²) in [6, 6.07) is 25.9. The molecule has 0 saturated carbocycles. The normalized spacial score (nSPS) is 12.0. The summed E-state index contributed by atoms with van der Waals surface area (Å²) in [5.41, 5.74) is 1.72. The zero-order valence-corrected chi connectivity index (χ0v) is 21.6. The summed E-state index contributed by atoms with van der Waals surface area (Å²) in [4.78, 5) is 26.6. The van der Waals surface area contributed by atoms with E-state index >= 15 is 0 Å². The quantitative estimate of drug-likeness (QED) is 0.226. The smallest absolute Gasteiger partial charge is 0.323 e. The average Bonchev–Trinajstić information content (AvgIpc) is 2.89. The minimum Gasteiger partial charge on any atom is -0.323 e. The van der Waals surface area contributed by atoms with Gasteiger partial charge in [0.15, 0.2) is 0 Å². The van der Waals surface area contributed by atoms with Crippen LogP contribution in [-0.2, 0) is 11.0 Å². The lowest BCUT2D eigenvalue weighted by atomic mass is 10.1. The Kier molecular flexibility index (Phi) is 8.44. The van der Waals surface area contributed by atoms with Gasteiger partial charge < -0.3 is 10.6 Å². The van der Waals surface area contributed by atoms with E-state index in [1.54, 1.807) is 66.7 Å². The molecule has 4 aromatic rings. The van der Waals surface area contributed by atoms with Gasteiger partial charge in [0.05, 0.1) is 16.3 Å². The second kappa shape index (κ2) is 11.8. The molecule has 194 valence electrons. The van der Waals surface area contributed by atoms with E-state index in [4.69, 9.17) is 11.6 Å². The molecule has 0 heterocycles. The molecule has 4 rings (SSSR count). The van der Waals surface area contributed by atoms with Crippen LogP contribution in [0.15, 0.2) is 102 Å². The Bertz CT molecular complexity index is 1440. The van der Waals surface area contributed by atoms with Crippen molar-refractivity contribution in [2.75, 3.05) is 10.6 Å². The van der Waals surface area contributed by atoms with Crippen molar-refractivity contribution in [3.05, 3.63) is 124 Å². The number of hydrogen-bond acceptors (Lipinski definition) is 3. The van der Waals surface area contributed by atoms with Crippen LogP contribution in [0, 0.1) is 6.92 Å². The molecule has 0 spiro atoms. The van der Waals surface area contributed by atoms with Crippen LogP contribution >= 0.6 is 23.4 Å². The van der Waals surface area contributed by atoms with E-state index in [-0.39, 0.29) is 16.6 Å². The fourth-order valence-electron chi connectivity index (χ4n) is 3.64. The third-order valence-corrected chi connectivity index (χ3v) is 7.13. The van der Waals surface area contributed by atoms with E-state index < -0.39 is 22.9 Å². The molecule has 9 heteroatoms. The number of rotatable bonds is 7. The Balaban J connectivity index is 1.52. The fourth-order valence-corrected chi connectivity index (χ4v) is 4.83. The standard InChI is InChI=1S/C29H22ClF3N2O2S/c1-18-6-5-9-20(16-18)27(36)34-22-11-13-23(14-12-22)38-26(19-7-3-2-4-8-19)28(37)35-25-17-21(29(31,32)33)10-15-24(25)30/h2-17,26H,1H3,(H,34,36)(H,35,37). The van der Waals surface area contributed by atoms with E-state index in [0.29, 0.717) is 16.8 Å². The molecule has 0 aliphatic rings. The number of carbonyl (C=O) groups excluding carboxylic acids is 2. The highest BCUT2D eigenvalue weighted by Crippen LogP contribution is 2.38. The molecule has 1 unspecified atom stereocenters. The Hall–Kier alpha value is -3.75. The van der Waals surface area contributed by atoms with Crippen molar-refractivity contribution in [2.45, 2.75) is 23.2 Å². The van der Waals surface area contributed by atoms with E-state index in [1.807, 2.05) is 19.1 Å². The molecule has 0 aliphatic carbocycles. The number of nitrogens with one attached hydrogen (secondary N) is 2. The second-order valence-electron chi connectivity index (χ2n) is 8.44. The summed E-state index contributed by atoms with van der Waals surface area (Å²) in [5.74, 6) is -0.770. The van der Waals surface area contributed by atoms with Crippen LogP contribution < -0.4 is 10.6 Å². The molecule has 0 fully saturated rings. The maximum Gasteiger partial charge on any atom is 0.416 e. The molecule has 4 aromatic carbocycles. The van der Waals surface area contributed by atoms with E-state index in [2.05, 4.69) is 10.6 Å². The molecule has 0 bridgehead atoms. The Labute approximate surface area is 227 Å². The van der Waals surface area contributed by atoms with Crippen LogP contribution in [0.5, 0.6) is 0 Å². The van der Waals surface area contributed by atoms with E-state index in [9.17, 15) is 22.8 Å². The zero-order chi connectivity index (χ0) is 27.3. The number of carbonyl (C=O) groups is 2. The van der Waals surface area contributed by atoms with Gasteiger partial charge in [-0.25, -0.2) is 0 Å². The first kappa shape index (κ1) is 27.3. The molecule has 0 radical (unpaired) electrons. The Morgan fingerprint density at radius 1 is 0.842 bits per heavy atom. The van der Waals surface area contributed by atoms with Gasteiger partial charge in [0, 0.05) is 16.1 Å². The molecule has 1 atom stereocenters. The molecular formula is C29H22ClF3N2O2S. The first-order valence-corrected chi connectivity index (χ1v) is 12.7. The van der Waals surface area contributed by atoms with Crippen molar-refractivity contribution in [1.29, 1.82) is 0 Å². The van der Waals surface area contributed by atoms with Crippen LogP contribution in [-0.4, -0.2) is 11.8 Å². The largest absolute Gasteiger partial charge is 0.416 e. The molecule has 2 N–H and O–H groups in total. The van der Waals surface area contributed by atoms with Gasteiger partial charge in [-0.3, -0.25) is 9.59 Å². The van der Waals surface area contributed by atoms with Gasteiger partial charge in [0.25, 0.3) is 5.91 Å². The molecule has 0 saturated heterocycles. The predicted octanol–water partition coefficient (Wildman–Crippen LogP) is 8.39. The topological polar surface area (TPSA) is 58.2 Å². The SMILES string of the molecule is Cc1cccc(C(=O)Nc2ccc(SC(C(=O)Nc3cc(C(F)(F)F)ccc3Cl)c3ccccc3)cc2)c1. The van der Waals surface area contributed by atoms with Gasteiger partial charge in [-0.1, -0.05) is 59.6 Å². The van der Waals surface area contributed by atoms with Gasteiger partial charge >= 0.3 is 6.18 Å². The summed E-state index contributed by atoms with van der Waals surface area (Å²) in [6.45, 7) is 1.91. The van der Waals surface area contributed by atoms with Crippen LogP contribution in [0.3, 0.4) is 0 Å². The molecular weight excluding hydrogens is 533 g/mol.